The monoisotopic (exact) mass is 130 g/mol. The molecule has 0 aliphatic rings. The molecule has 54 valence electrons. The van der Waals surface area contributed by atoms with E-state index in [-0.39, 0.29) is 18.3 Å². The fourth-order valence-corrected chi connectivity index (χ4v) is 0.564. The molecule has 0 saturated carbocycles. The van der Waals surface area contributed by atoms with E-state index < -0.39 is 0 Å². The zero-order valence-corrected chi connectivity index (χ0v) is 5.80. The summed E-state index contributed by atoms with van der Waals surface area (Å²) in [5.74, 6) is 0.334. The van der Waals surface area contributed by atoms with Gasteiger partial charge in [0.2, 0.25) is 0 Å². The van der Waals surface area contributed by atoms with Gasteiger partial charge in [0.25, 0.3) is 0 Å². The topological polar surface area (TPSA) is 40.5 Å². The Hall–Kier alpha value is -0.500. The third-order valence-corrected chi connectivity index (χ3v) is 1.36. The van der Waals surface area contributed by atoms with E-state index in [0.717, 1.165) is 12.8 Å². The number of rotatable bonds is 4. The summed E-state index contributed by atoms with van der Waals surface area (Å²) in [6, 6.07) is 0. The van der Waals surface area contributed by atoms with Crippen LogP contribution in [-0.2, 0) is 0 Å². The van der Waals surface area contributed by atoms with Crippen molar-refractivity contribution in [1.29, 1.82) is 0 Å². The fourth-order valence-electron chi connectivity index (χ4n) is 0.564. The van der Waals surface area contributed by atoms with Crippen LogP contribution in [-0.4, -0.2) is 16.8 Å². The average Bonchev–Trinajstić information content (AvgIpc) is 1.82. The van der Waals surface area contributed by atoms with Gasteiger partial charge in [-0.1, -0.05) is 13.5 Å². The molecule has 1 atom stereocenters. The smallest absolute Gasteiger partial charge is 0.0879 e. The van der Waals surface area contributed by atoms with Crippen LogP contribution in [0.2, 0.25) is 0 Å². The van der Waals surface area contributed by atoms with E-state index in [0.29, 0.717) is 0 Å². The van der Waals surface area contributed by atoms with E-state index in [1.807, 2.05) is 6.92 Å². The normalized spacial score (nSPS) is 13.1. The number of aliphatic hydroxyl groups is 2. The summed E-state index contributed by atoms with van der Waals surface area (Å²) in [4.78, 5) is 0. The first-order chi connectivity index (χ1) is 4.18. The summed E-state index contributed by atoms with van der Waals surface area (Å²) in [7, 11) is 0. The predicted molar refractivity (Wildman–Crippen MR) is 37.3 cm³/mol. The Balaban J connectivity index is 3.27. The molecule has 1 unspecified atom stereocenters. The summed E-state index contributed by atoms with van der Waals surface area (Å²) in [5.41, 5.74) is 0. The third kappa shape index (κ3) is 4.03. The van der Waals surface area contributed by atoms with Crippen LogP contribution in [0.5, 0.6) is 0 Å². The molecule has 2 heteroatoms. The van der Waals surface area contributed by atoms with E-state index in [4.69, 9.17) is 10.2 Å². The molecule has 0 rings (SSSR count). The first kappa shape index (κ1) is 8.50. The molecule has 2 nitrogen and oxygen atoms in total. The van der Waals surface area contributed by atoms with Crippen molar-refractivity contribution in [3.8, 4) is 0 Å². The number of hydrogen-bond acceptors (Lipinski definition) is 2. The number of hydrogen-bond donors (Lipinski definition) is 2. The Kier molecular flexibility index (Phi) is 4.14. The molecule has 0 aromatic rings. The SMILES string of the molecule is C=C(O)C(C)CCCO. The van der Waals surface area contributed by atoms with Gasteiger partial charge in [-0.15, -0.1) is 0 Å². The van der Waals surface area contributed by atoms with Gasteiger partial charge in [-0.3, -0.25) is 0 Å². The highest BCUT2D eigenvalue weighted by Gasteiger charge is 2.02. The molecule has 0 heterocycles. The minimum atomic E-state index is 0.122. The zero-order valence-electron chi connectivity index (χ0n) is 5.80. The lowest BCUT2D eigenvalue weighted by atomic mass is 10.1. The van der Waals surface area contributed by atoms with Crippen LogP contribution in [0.25, 0.3) is 0 Å². The molecule has 0 aliphatic heterocycles. The van der Waals surface area contributed by atoms with Gasteiger partial charge in [0.05, 0.1) is 5.76 Å². The van der Waals surface area contributed by atoms with E-state index >= 15 is 0 Å². The summed E-state index contributed by atoms with van der Waals surface area (Å²) >= 11 is 0. The van der Waals surface area contributed by atoms with Crippen LogP contribution in [0.1, 0.15) is 19.8 Å². The standard InChI is InChI=1S/C7H14O2/c1-6(7(2)9)4-3-5-8/h6,8-9H,2-5H2,1H3. The summed E-state index contributed by atoms with van der Waals surface area (Å²) < 4.78 is 0. The molecule has 0 saturated heterocycles. The van der Waals surface area contributed by atoms with Gasteiger partial charge >= 0.3 is 0 Å². The highest BCUT2D eigenvalue weighted by Crippen LogP contribution is 2.10. The predicted octanol–water partition coefficient (Wildman–Crippen LogP) is 1.47. The number of allylic oxidation sites excluding steroid dienone is 1. The minimum absolute atomic E-state index is 0.122. The molecule has 9 heavy (non-hydrogen) atoms. The van der Waals surface area contributed by atoms with Crippen LogP contribution >= 0.6 is 0 Å². The minimum Gasteiger partial charge on any atom is -0.513 e. The summed E-state index contributed by atoms with van der Waals surface area (Å²) in [6.07, 6.45) is 1.55. The molecule has 0 radical (unpaired) electrons. The maximum Gasteiger partial charge on any atom is 0.0879 e. The van der Waals surface area contributed by atoms with Crippen molar-refractivity contribution in [3.05, 3.63) is 12.3 Å². The lowest BCUT2D eigenvalue weighted by Gasteiger charge is -2.06. The van der Waals surface area contributed by atoms with Crippen LogP contribution in [0, 0.1) is 5.92 Å². The van der Waals surface area contributed by atoms with E-state index in [9.17, 15) is 0 Å². The second-order valence-electron chi connectivity index (χ2n) is 2.26. The van der Waals surface area contributed by atoms with Crippen LogP contribution < -0.4 is 0 Å². The Morgan fingerprint density at radius 3 is 2.56 bits per heavy atom. The van der Waals surface area contributed by atoms with Crippen molar-refractivity contribution < 1.29 is 10.2 Å². The van der Waals surface area contributed by atoms with Crippen molar-refractivity contribution >= 4 is 0 Å². The summed E-state index contributed by atoms with van der Waals surface area (Å²) in [5, 5.41) is 17.2. The van der Waals surface area contributed by atoms with Gasteiger partial charge in [-0.2, -0.15) is 0 Å². The van der Waals surface area contributed by atoms with Gasteiger partial charge in [-0.05, 0) is 12.8 Å². The second kappa shape index (κ2) is 4.39. The van der Waals surface area contributed by atoms with Gasteiger partial charge < -0.3 is 10.2 Å². The lowest BCUT2D eigenvalue weighted by Crippen LogP contribution is -1.98. The maximum atomic E-state index is 8.77. The quantitative estimate of drug-likeness (QED) is 0.566. The first-order valence-corrected chi connectivity index (χ1v) is 3.17. The van der Waals surface area contributed by atoms with Crippen molar-refractivity contribution in [3.63, 3.8) is 0 Å². The molecule has 0 spiro atoms. The molecular weight excluding hydrogens is 116 g/mol. The first-order valence-electron chi connectivity index (χ1n) is 3.17. The van der Waals surface area contributed by atoms with Crippen LogP contribution in [0.15, 0.2) is 12.3 Å². The number of aliphatic hydroxyl groups excluding tert-OH is 2. The van der Waals surface area contributed by atoms with Gasteiger partial charge in [0.15, 0.2) is 0 Å². The largest absolute Gasteiger partial charge is 0.513 e. The highest BCUT2D eigenvalue weighted by molar-refractivity contribution is 4.85. The van der Waals surface area contributed by atoms with Crippen molar-refractivity contribution in [1.82, 2.24) is 0 Å². The fraction of sp³-hybridized carbons (Fsp3) is 0.714. The molecule has 0 aliphatic carbocycles. The molecule has 0 bridgehead atoms. The van der Waals surface area contributed by atoms with E-state index in [1.54, 1.807) is 0 Å². The van der Waals surface area contributed by atoms with Crippen LogP contribution in [0.4, 0.5) is 0 Å². The van der Waals surface area contributed by atoms with Crippen molar-refractivity contribution in [2.24, 2.45) is 5.92 Å². The molecule has 2 N–H and O–H groups in total. The van der Waals surface area contributed by atoms with Crippen molar-refractivity contribution in [2.45, 2.75) is 19.8 Å². The lowest BCUT2D eigenvalue weighted by molar-refractivity contribution is 0.263. The average molecular weight is 130 g/mol. The van der Waals surface area contributed by atoms with Gasteiger partial charge in [0, 0.05) is 12.5 Å². The van der Waals surface area contributed by atoms with Gasteiger partial charge in [-0.25, -0.2) is 0 Å². The second-order valence-corrected chi connectivity index (χ2v) is 2.26. The molecular formula is C7H14O2. The highest BCUT2D eigenvalue weighted by atomic mass is 16.3. The molecule has 0 aromatic heterocycles. The maximum absolute atomic E-state index is 8.77. The summed E-state index contributed by atoms with van der Waals surface area (Å²) in [6.45, 7) is 5.46. The molecule has 0 amide bonds. The Morgan fingerprint density at radius 1 is 1.67 bits per heavy atom. The van der Waals surface area contributed by atoms with E-state index in [2.05, 4.69) is 6.58 Å². The Morgan fingerprint density at radius 2 is 2.22 bits per heavy atom. The Bertz CT molecular complexity index is 88.9. The molecule has 0 aromatic carbocycles. The van der Waals surface area contributed by atoms with E-state index in [1.165, 1.54) is 0 Å². The van der Waals surface area contributed by atoms with Crippen molar-refractivity contribution in [2.75, 3.05) is 6.61 Å². The van der Waals surface area contributed by atoms with Gasteiger partial charge in [0.1, 0.15) is 0 Å². The van der Waals surface area contributed by atoms with Crippen LogP contribution in [0.3, 0.4) is 0 Å². The molecule has 0 fully saturated rings. The Labute approximate surface area is 55.8 Å². The third-order valence-electron chi connectivity index (χ3n) is 1.36. The zero-order chi connectivity index (χ0) is 7.28.